The minimum Gasteiger partial charge on any atom is -0.398 e. The third-order valence-corrected chi connectivity index (χ3v) is 3.67. The van der Waals surface area contributed by atoms with Gasteiger partial charge in [0, 0.05) is 23.1 Å². The first-order valence-corrected chi connectivity index (χ1v) is 7.26. The number of rotatable bonds is 5. The average Bonchev–Trinajstić information content (AvgIpc) is 2.53. The Morgan fingerprint density at radius 3 is 2.21 bits per heavy atom. The van der Waals surface area contributed by atoms with Crippen molar-refractivity contribution in [2.24, 2.45) is 11.7 Å². The number of nitrogens with zero attached hydrogens (tertiary/aromatic N) is 1. The summed E-state index contributed by atoms with van der Waals surface area (Å²) in [6, 6.07) is 8.72. The molecule has 0 spiro atoms. The van der Waals surface area contributed by atoms with Crippen molar-refractivity contribution in [3.05, 3.63) is 57.6 Å². The molecule has 0 heterocycles. The Hall–Kier alpha value is -3.22. The predicted molar refractivity (Wildman–Crippen MR) is 90.6 cm³/mol. The maximum atomic E-state index is 12.5. The van der Waals surface area contributed by atoms with Gasteiger partial charge < -0.3 is 11.5 Å². The Morgan fingerprint density at radius 1 is 1.08 bits per heavy atom. The number of amides is 1. The first-order valence-electron chi connectivity index (χ1n) is 7.26. The highest BCUT2D eigenvalue weighted by molar-refractivity contribution is 6.11. The van der Waals surface area contributed by atoms with E-state index in [1.165, 1.54) is 30.3 Å². The van der Waals surface area contributed by atoms with E-state index in [0.29, 0.717) is 0 Å². The highest BCUT2D eigenvalue weighted by Gasteiger charge is 2.26. The summed E-state index contributed by atoms with van der Waals surface area (Å²) in [6.07, 6.45) is 0. The summed E-state index contributed by atoms with van der Waals surface area (Å²) in [7, 11) is 0. The van der Waals surface area contributed by atoms with Crippen LogP contribution in [-0.4, -0.2) is 16.6 Å². The minimum atomic E-state index is -0.768. The van der Waals surface area contributed by atoms with Crippen LogP contribution < -0.4 is 11.5 Å². The molecule has 24 heavy (non-hydrogen) atoms. The second-order valence-corrected chi connectivity index (χ2v) is 5.61. The van der Waals surface area contributed by atoms with Crippen LogP contribution in [0, 0.1) is 16.0 Å². The van der Waals surface area contributed by atoms with Crippen LogP contribution in [0.2, 0.25) is 0 Å². The largest absolute Gasteiger partial charge is 0.398 e. The van der Waals surface area contributed by atoms with Gasteiger partial charge in [0.2, 0.25) is 0 Å². The lowest BCUT2D eigenvalue weighted by Crippen LogP contribution is -2.17. The number of anilines is 1. The van der Waals surface area contributed by atoms with Gasteiger partial charge in [-0.3, -0.25) is 19.7 Å². The number of para-hydroxylation sites is 1. The number of nitro benzene ring substituents is 1. The van der Waals surface area contributed by atoms with Crippen molar-refractivity contribution in [1.29, 1.82) is 0 Å². The van der Waals surface area contributed by atoms with Gasteiger partial charge in [0.15, 0.2) is 5.78 Å². The number of ketones is 1. The molecule has 2 rings (SSSR count). The monoisotopic (exact) mass is 327 g/mol. The van der Waals surface area contributed by atoms with E-state index in [9.17, 15) is 19.7 Å². The van der Waals surface area contributed by atoms with Crippen LogP contribution in [0.3, 0.4) is 0 Å². The van der Waals surface area contributed by atoms with Gasteiger partial charge in [-0.1, -0.05) is 26.0 Å². The molecular formula is C17H17N3O4. The van der Waals surface area contributed by atoms with Crippen molar-refractivity contribution in [3.63, 3.8) is 0 Å². The zero-order chi connectivity index (χ0) is 18.0. The van der Waals surface area contributed by atoms with Gasteiger partial charge in [-0.05, 0) is 18.2 Å². The fraction of sp³-hybridized carbons (Fsp3) is 0.176. The van der Waals surface area contributed by atoms with Crippen molar-refractivity contribution in [1.82, 2.24) is 0 Å². The van der Waals surface area contributed by atoms with E-state index in [2.05, 4.69) is 0 Å². The number of nitro groups is 1. The number of nitrogen functional groups attached to an aromatic ring is 1. The van der Waals surface area contributed by atoms with Crippen LogP contribution in [0.25, 0.3) is 11.1 Å². The molecule has 7 heteroatoms. The lowest BCUT2D eigenvalue weighted by Gasteiger charge is -2.16. The summed E-state index contributed by atoms with van der Waals surface area (Å²) >= 11 is 0. The minimum absolute atomic E-state index is 0.0171. The topological polar surface area (TPSA) is 129 Å². The number of hydrogen-bond donors (Lipinski definition) is 2. The summed E-state index contributed by atoms with van der Waals surface area (Å²) < 4.78 is 0. The zero-order valence-electron chi connectivity index (χ0n) is 13.3. The summed E-state index contributed by atoms with van der Waals surface area (Å²) in [6.45, 7) is 3.42. The SMILES string of the molecule is CC(C)C(=O)c1ccc(C(N)=O)c(N)c1-c1ccccc1[N+](=O)[O-]. The van der Waals surface area contributed by atoms with Gasteiger partial charge in [0.1, 0.15) is 0 Å². The lowest BCUT2D eigenvalue weighted by atomic mass is 9.88. The summed E-state index contributed by atoms with van der Waals surface area (Å²) in [4.78, 5) is 34.8. The molecule has 0 aliphatic carbocycles. The summed E-state index contributed by atoms with van der Waals surface area (Å²) in [5.41, 5.74) is 11.7. The Bertz CT molecular complexity index is 844. The summed E-state index contributed by atoms with van der Waals surface area (Å²) in [5.74, 6) is -1.34. The Balaban J connectivity index is 2.89. The number of benzene rings is 2. The van der Waals surface area contributed by atoms with E-state index in [-0.39, 0.29) is 45.3 Å². The van der Waals surface area contributed by atoms with Gasteiger partial charge >= 0.3 is 0 Å². The molecule has 124 valence electrons. The molecule has 0 aliphatic rings. The van der Waals surface area contributed by atoms with E-state index < -0.39 is 10.8 Å². The summed E-state index contributed by atoms with van der Waals surface area (Å²) in [5, 5.41) is 11.3. The highest BCUT2D eigenvalue weighted by atomic mass is 16.6. The fourth-order valence-electron chi connectivity index (χ4n) is 2.49. The first kappa shape index (κ1) is 17.1. The van der Waals surface area contributed by atoms with Gasteiger partial charge in [-0.15, -0.1) is 0 Å². The Morgan fingerprint density at radius 2 is 1.67 bits per heavy atom. The third kappa shape index (κ3) is 2.96. The number of carbonyl (C=O) groups is 2. The van der Waals surface area contributed by atoms with Crippen molar-refractivity contribution in [2.75, 3.05) is 5.73 Å². The van der Waals surface area contributed by atoms with Crippen LogP contribution in [0.4, 0.5) is 11.4 Å². The number of nitrogens with two attached hydrogens (primary N) is 2. The number of carbonyl (C=O) groups excluding carboxylic acids is 2. The molecule has 0 radical (unpaired) electrons. The van der Waals surface area contributed by atoms with E-state index in [0.717, 1.165) is 0 Å². The van der Waals surface area contributed by atoms with E-state index in [4.69, 9.17) is 11.5 Å². The van der Waals surface area contributed by atoms with E-state index >= 15 is 0 Å². The van der Waals surface area contributed by atoms with Crippen molar-refractivity contribution in [3.8, 4) is 11.1 Å². The lowest BCUT2D eigenvalue weighted by molar-refractivity contribution is -0.384. The Kier molecular flexibility index (Phi) is 4.64. The number of Topliss-reactive ketones (excluding diaryl/α,β-unsaturated/α-hetero) is 1. The third-order valence-electron chi connectivity index (χ3n) is 3.67. The molecule has 2 aromatic carbocycles. The molecule has 0 fully saturated rings. The molecule has 0 aromatic heterocycles. The van der Waals surface area contributed by atoms with Crippen LogP contribution in [-0.2, 0) is 0 Å². The zero-order valence-corrected chi connectivity index (χ0v) is 13.3. The van der Waals surface area contributed by atoms with Gasteiger partial charge in [0.05, 0.1) is 21.7 Å². The standard InChI is InChI=1S/C17H17N3O4/c1-9(2)16(21)11-7-8-12(17(19)22)15(18)14(11)10-5-3-4-6-13(10)20(23)24/h3-9H,18H2,1-2H3,(H2,19,22). The molecule has 1 amide bonds. The second kappa shape index (κ2) is 6.49. The van der Waals surface area contributed by atoms with Crippen LogP contribution in [0.5, 0.6) is 0 Å². The fourth-order valence-corrected chi connectivity index (χ4v) is 2.49. The molecule has 0 unspecified atom stereocenters. The molecule has 4 N–H and O–H groups in total. The first-order chi connectivity index (χ1) is 11.3. The van der Waals surface area contributed by atoms with Crippen LogP contribution in [0.15, 0.2) is 36.4 Å². The number of hydrogen-bond acceptors (Lipinski definition) is 5. The molecule has 0 atom stereocenters. The van der Waals surface area contributed by atoms with Gasteiger partial charge in [-0.25, -0.2) is 0 Å². The maximum absolute atomic E-state index is 12.5. The maximum Gasteiger partial charge on any atom is 0.277 e. The van der Waals surface area contributed by atoms with Gasteiger partial charge in [-0.2, -0.15) is 0 Å². The quantitative estimate of drug-likeness (QED) is 0.377. The van der Waals surface area contributed by atoms with E-state index in [1.807, 2.05) is 0 Å². The van der Waals surface area contributed by atoms with Crippen LogP contribution in [0.1, 0.15) is 34.6 Å². The van der Waals surface area contributed by atoms with Crippen molar-refractivity contribution >= 4 is 23.1 Å². The normalized spacial score (nSPS) is 10.6. The number of primary amides is 1. The highest BCUT2D eigenvalue weighted by Crippen LogP contribution is 2.38. The Labute approximate surface area is 138 Å². The smallest absolute Gasteiger partial charge is 0.277 e. The predicted octanol–water partition coefficient (Wildman–Crippen LogP) is 2.78. The molecule has 2 aromatic rings. The van der Waals surface area contributed by atoms with Crippen LogP contribution >= 0.6 is 0 Å². The molecule has 0 saturated carbocycles. The van der Waals surface area contributed by atoms with Crippen molar-refractivity contribution in [2.45, 2.75) is 13.8 Å². The van der Waals surface area contributed by atoms with Gasteiger partial charge in [0.25, 0.3) is 11.6 Å². The average molecular weight is 327 g/mol. The van der Waals surface area contributed by atoms with E-state index in [1.54, 1.807) is 19.9 Å². The van der Waals surface area contributed by atoms with Crippen molar-refractivity contribution < 1.29 is 14.5 Å². The molecule has 7 nitrogen and oxygen atoms in total. The second-order valence-electron chi connectivity index (χ2n) is 5.61. The molecule has 0 bridgehead atoms. The molecule has 0 saturated heterocycles. The molecule has 0 aliphatic heterocycles. The molecular weight excluding hydrogens is 310 g/mol.